The maximum Gasteiger partial charge on any atom is 0.130 e. The van der Waals surface area contributed by atoms with Crippen molar-refractivity contribution in [3.8, 4) is 0 Å². The molecule has 1 rings (SSSR count). The van der Waals surface area contributed by atoms with Crippen molar-refractivity contribution in [1.29, 1.82) is 0 Å². The Morgan fingerprint density at radius 2 is 2.00 bits per heavy atom. The number of aromatic nitrogens is 2. The number of hydrogen-bond acceptors (Lipinski definition) is 2. The molecule has 1 aromatic heterocycles. The number of halogens is 1. The molecule has 0 aliphatic rings. The van der Waals surface area contributed by atoms with Crippen molar-refractivity contribution < 1.29 is 0 Å². The van der Waals surface area contributed by atoms with Crippen molar-refractivity contribution in [2.75, 3.05) is 6.54 Å². The fourth-order valence-corrected chi connectivity index (χ4v) is 2.59. The molecule has 1 aromatic rings. The van der Waals surface area contributed by atoms with Gasteiger partial charge in [-0.25, -0.2) is 0 Å². The maximum absolute atomic E-state index is 6.26. The molecule has 4 heteroatoms. The van der Waals surface area contributed by atoms with Crippen LogP contribution in [0.1, 0.15) is 50.8 Å². The van der Waals surface area contributed by atoms with E-state index >= 15 is 0 Å². The zero-order valence-corrected chi connectivity index (χ0v) is 12.8. The Kier molecular flexibility index (Phi) is 6.72. The van der Waals surface area contributed by atoms with Crippen LogP contribution in [0.15, 0.2) is 0 Å². The van der Waals surface area contributed by atoms with Crippen molar-refractivity contribution in [2.45, 2.75) is 58.9 Å². The van der Waals surface area contributed by atoms with Crippen LogP contribution in [0.4, 0.5) is 0 Å². The summed E-state index contributed by atoms with van der Waals surface area (Å²) in [6.45, 7) is 7.58. The van der Waals surface area contributed by atoms with Crippen LogP contribution in [0.5, 0.6) is 0 Å². The highest BCUT2D eigenvalue weighted by atomic mass is 35.5. The summed E-state index contributed by atoms with van der Waals surface area (Å²) in [5.41, 5.74) is 2.27. The van der Waals surface area contributed by atoms with E-state index in [0.29, 0.717) is 6.04 Å². The standard InChI is InChI=1S/C14H26ClN3/c1-5-7-12(16-10-6-2)8-9-13-11(3)17-18(4)14(13)15/h12,16H,5-10H2,1-4H3. The van der Waals surface area contributed by atoms with Gasteiger partial charge in [-0.1, -0.05) is 31.9 Å². The van der Waals surface area contributed by atoms with Crippen LogP contribution in [0.25, 0.3) is 0 Å². The zero-order chi connectivity index (χ0) is 13.5. The van der Waals surface area contributed by atoms with Crippen LogP contribution in [0.3, 0.4) is 0 Å². The van der Waals surface area contributed by atoms with Crippen molar-refractivity contribution in [1.82, 2.24) is 15.1 Å². The van der Waals surface area contributed by atoms with Crippen LogP contribution in [0.2, 0.25) is 5.15 Å². The van der Waals surface area contributed by atoms with Gasteiger partial charge in [-0.3, -0.25) is 4.68 Å². The van der Waals surface area contributed by atoms with Crippen LogP contribution in [-0.2, 0) is 13.5 Å². The van der Waals surface area contributed by atoms with Gasteiger partial charge in [0.1, 0.15) is 5.15 Å². The molecule has 3 nitrogen and oxygen atoms in total. The van der Waals surface area contributed by atoms with Crippen LogP contribution < -0.4 is 5.32 Å². The fourth-order valence-electron chi connectivity index (χ4n) is 2.32. The van der Waals surface area contributed by atoms with Crippen molar-refractivity contribution in [2.24, 2.45) is 7.05 Å². The minimum absolute atomic E-state index is 0.602. The molecule has 0 spiro atoms. The highest BCUT2D eigenvalue weighted by Gasteiger charge is 2.13. The Morgan fingerprint density at radius 3 is 2.50 bits per heavy atom. The first kappa shape index (κ1) is 15.5. The Balaban J connectivity index is 2.55. The summed E-state index contributed by atoms with van der Waals surface area (Å²) in [5, 5.41) is 8.77. The molecule has 1 N–H and O–H groups in total. The molecule has 104 valence electrons. The van der Waals surface area contributed by atoms with Gasteiger partial charge in [-0.05, 0) is 39.2 Å². The molecule has 0 aromatic carbocycles. The topological polar surface area (TPSA) is 29.9 Å². The smallest absolute Gasteiger partial charge is 0.130 e. The first-order chi connectivity index (χ1) is 8.60. The molecule has 1 heterocycles. The minimum atomic E-state index is 0.602. The summed E-state index contributed by atoms with van der Waals surface area (Å²) in [6.07, 6.45) is 5.80. The average Bonchev–Trinajstić information content (AvgIpc) is 2.58. The molecular formula is C14H26ClN3. The van der Waals surface area contributed by atoms with Crippen molar-refractivity contribution in [3.05, 3.63) is 16.4 Å². The van der Waals surface area contributed by atoms with Gasteiger partial charge in [-0.2, -0.15) is 5.10 Å². The highest BCUT2D eigenvalue weighted by molar-refractivity contribution is 6.30. The van der Waals surface area contributed by atoms with Gasteiger partial charge < -0.3 is 5.32 Å². The Morgan fingerprint density at radius 1 is 1.28 bits per heavy atom. The third-order valence-corrected chi connectivity index (χ3v) is 3.81. The van der Waals surface area contributed by atoms with Crippen molar-refractivity contribution >= 4 is 11.6 Å². The lowest BCUT2D eigenvalue weighted by Gasteiger charge is -2.17. The lowest BCUT2D eigenvalue weighted by Crippen LogP contribution is -2.30. The number of rotatable bonds is 8. The Hall–Kier alpha value is -0.540. The molecule has 1 unspecified atom stereocenters. The second-order valence-electron chi connectivity index (χ2n) is 4.96. The van der Waals surface area contributed by atoms with E-state index in [0.717, 1.165) is 30.2 Å². The molecule has 0 aliphatic carbocycles. The number of aryl methyl sites for hydroxylation is 2. The van der Waals surface area contributed by atoms with Gasteiger partial charge in [0.05, 0.1) is 5.69 Å². The van der Waals surface area contributed by atoms with Gasteiger partial charge in [0.2, 0.25) is 0 Å². The molecule has 1 atom stereocenters. The van der Waals surface area contributed by atoms with Crippen LogP contribution in [0, 0.1) is 6.92 Å². The van der Waals surface area contributed by atoms with E-state index in [1.54, 1.807) is 4.68 Å². The Labute approximate surface area is 116 Å². The SMILES string of the molecule is CCCNC(CCC)CCc1c(C)nn(C)c1Cl. The van der Waals surface area contributed by atoms with Gasteiger partial charge in [-0.15, -0.1) is 0 Å². The summed E-state index contributed by atoms with van der Waals surface area (Å²) in [5.74, 6) is 0. The van der Waals surface area contributed by atoms with E-state index in [2.05, 4.69) is 24.3 Å². The monoisotopic (exact) mass is 271 g/mol. The van der Waals surface area contributed by atoms with Gasteiger partial charge >= 0.3 is 0 Å². The molecule has 0 aliphatic heterocycles. The molecule has 0 amide bonds. The van der Waals surface area contributed by atoms with E-state index in [1.165, 1.54) is 24.8 Å². The molecule has 0 fully saturated rings. The van der Waals surface area contributed by atoms with Crippen LogP contribution >= 0.6 is 11.6 Å². The molecule has 0 saturated carbocycles. The first-order valence-electron chi connectivity index (χ1n) is 7.01. The van der Waals surface area contributed by atoms with Gasteiger partial charge in [0.25, 0.3) is 0 Å². The molecule has 0 bridgehead atoms. The number of nitrogens with one attached hydrogen (secondary N) is 1. The van der Waals surface area contributed by atoms with E-state index in [4.69, 9.17) is 11.6 Å². The zero-order valence-electron chi connectivity index (χ0n) is 12.1. The largest absolute Gasteiger partial charge is 0.314 e. The molecule has 0 saturated heterocycles. The Bertz CT molecular complexity index is 360. The third kappa shape index (κ3) is 4.29. The van der Waals surface area contributed by atoms with E-state index in [1.807, 2.05) is 14.0 Å². The van der Waals surface area contributed by atoms with Crippen molar-refractivity contribution in [3.63, 3.8) is 0 Å². The quantitative estimate of drug-likeness (QED) is 0.784. The predicted octanol–water partition coefficient (Wildman–Crippen LogP) is 3.48. The van der Waals surface area contributed by atoms with E-state index in [9.17, 15) is 0 Å². The summed E-state index contributed by atoms with van der Waals surface area (Å²) in [4.78, 5) is 0. The lowest BCUT2D eigenvalue weighted by molar-refractivity contribution is 0.448. The van der Waals surface area contributed by atoms with E-state index in [-0.39, 0.29) is 0 Å². The van der Waals surface area contributed by atoms with Gasteiger partial charge in [0, 0.05) is 18.7 Å². The fraction of sp³-hybridized carbons (Fsp3) is 0.786. The second-order valence-corrected chi connectivity index (χ2v) is 5.31. The van der Waals surface area contributed by atoms with E-state index < -0.39 is 0 Å². The summed E-state index contributed by atoms with van der Waals surface area (Å²) in [6, 6.07) is 0.602. The number of hydrogen-bond donors (Lipinski definition) is 1. The lowest BCUT2D eigenvalue weighted by atomic mass is 10.0. The minimum Gasteiger partial charge on any atom is -0.314 e. The summed E-state index contributed by atoms with van der Waals surface area (Å²) in [7, 11) is 1.90. The first-order valence-corrected chi connectivity index (χ1v) is 7.39. The van der Waals surface area contributed by atoms with Crippen LogP contribution in [-0.4, -0.2) is 22.4 Å². The summed E-state index contributed by atoms with van der Waals surface area (Å²) >= 11 is 6.26. The number of nitrogens with zero attached hydrogens (tertiary/aromatic N) is 2. The summed E-state index contributed by atoms with van der Waals surface area (Å²) < 4.78 is 1.76. The molecule has 18 heavy (non-hydrogen) atoms. The molecular weight excluding hydrogens is 246 g/mol. The normalized spacial score (nSPS) is 12.9. The average molecular weight is 272 g/mol. The highest BCUT2D eigenvalue weighted by Crippen LogP contribution is 2.21. The molecule has 0 radical (unpaired) electrons. The predicted molar refractivity (Wildman–Crippen MR) is 78.3 cm³/mol. The maximum atomic E-state index is 6.26. The third-order valence-electron chi connectivity index (χ3n) is 3.33. The second kappa shape index (κ2) is 7.80. The van der Waals surface area contributed by atoms with Gasteiger partial charge in [0.15, 0.2) is 0 Å².